The van der Waals surface area contributed by atoms with Gasteiger partial charge in [0, 0.05) is 25.3 Å². The second-order valence-corrected chi connectivity index (χ2v) is 4.82. The van der Waals surface area contributed by atoms with E-state index in [1.807, 2.05) is 0 Å². The van der Waals surface area contributed by atoms with Gasteiger partial charge in [-0.15, -0.1) is 0 Å². The average molecular weight is 298 g/mol. The van der Waals surface area contributed by atoms with Gasteiger partial charge in [0.25, 0.3) is 5.56 Å². The first-order chi connectivity index (χ1) is 10.1. The largest absolute Gasteiger partial charge is 0.382 e. The van der Waals surface area contributed by atoms with E-state index in [0.717, 1.165) is 0 Å². The number of rotatable bonds is 6. The highest BCUT2D eigenvalue weighted by Crippen LogP contribution is 2.29. The molecule has 2 heterocycles. The fourth-order valence-electron chi connectivity index (χ4n) is 2.21. The zero-order valence-corrected chi connectivity index (χ0v) is 11.9. The van der Waals surface area contributed by atoms with E-state index in [9.17, 15) is 14.4 Å². The van der Waals surface area contributed by atoms with Gasteiger partial charge in [-0.1, -0.05) is 0 Å². The molecule has 2 rings (SSSR count). The number of ether oxygens (including phenoxy) is 3. The maximum absolute atomic E-state index is 11.9. The maximum atomic E-state index is 11.9. The number of aldehydes is 1. The summed E-state index contributed by atoms with van der Waals surface area (Å²) >= 11 is 0. The molecule has 1 saturated heterocycles. The number of aromatic amines is 1. The molecule has 21 heavy (non-hydrogen) atoms. The lowest BCUT2D eigenvalue weighted by molar-refractivity contribution is -0.121. The van der Waals surface area contributed by atoms with E-state index < -0.39 is 29.7 Å². The highest BCUT2D eigenvalue weighted by Gasteiger charge is 2.37. The van der Waals surface area contributed by atoms with Crippen LogP contribution in [0.2, 0.25) is 0 Å². The third-order valence-electron chi connectivity index (χ3n) is 3.29. The monoisotopic (exact) mass is 298 g/mol. The average Bonchev–Trinajstić information content (AvgIpc) is 2.86. The number of hydrogen-bond donors (Lipinski definition) is 1. The third-order valence-corrected chi connectivity index (χ3v) is 3.29. The van der Waals surface area contributed by atoms with E-state index in [1.165, 1.54) is 10.8 Å². The van der Waals surface area contributed by atoms with Crippen molar-refractivity contribution in [1.82, 2.24) is 9.55 Å². The van der Waals surface area contributed by atoms with Crippen LogP contribution in [0.5, 0.6) is 0 Å². The van der Waals surface area contributed by atoms with Gasteiger partial charge in [-0.2, -0.15) is 0 Å². The van der Waals surface area contributed by atoms with Crippen LogP contribution < -0.4 is 11.2 Å². The summed E-state index contributed by atoms with van der Waals surface area (Å²) in [5.41, 5.74) is -0.663. The minimum Gasteiger partial charge on any atom is -0.382 e. The number of H-pyrrole nitrogens is 1. The van der Waals surface area contributed by atoms with E-state index in [4.69, 9.17) is 14.2 Å². The molecule has 8 nitrogen and oxygen atoms in total. The predicted molar refractivity (Wildman–Crippen MR) is 72.3 cm³/mol. The molecule has 0 radical (unpaired) electrons. The number of aromatic nitrogens is 2. The number of carbonyl (C=O) groups is 1. The summed E-state index contributed by atoms with van der Waals surface area (Å²) in [4.78, 5) is 36.4. The molecule has 1 aliphatic rings. The minimum absolute atomic E-state index is 0.323. The molecule has 0 aliphatic carbocycles. The van der Waals surface area contributed by atoms with Crippen LogP contribution in [0.15, 0.2) is 15.8 Å². The molecule has 0 saturated carbocycles. The van der Waals surface area contributed by atoms with Crippen molar-refractivity contribution in [3.8, 4) is 0 Å². The first kappa shape index (κ1) is 15.6. The normalized spacial score (nSPS) is 25.1. The van der Waals surface area contributed by atoms with Gasteiger partial charge in [-0.3, -0.25) is 14.3 Å². The molecule has 0 aromatic carbocycles. The van der Waals surface area contributed by atoms with Crippen LogP contribution in [-0.4, -0.2) is 48.4 Å². The number of nitrogens with zero attached hydrogens (tertiary/aromatic N) is 1. The number of hydrogen-bond acceptors (Lipinski definition) is 6. The Morgan fingerprint density at radius 2 is 2.24 bits per heavy atom. The second-order valence-electron chi connectivity index (χ2n) is 4.82. The van der Waals surface area contributed by atoms with Crippen LogP contribution >= 0.6 is 0 Å². The second kappa shape index (κ2) is 6.79. The molecule has 1 aromatic rings. The van der Waals surface area contributed by atoms with Crippen molar-refractivity contribution < 1.29 is 19.0 Å². The number of nitrogens with one attached hydrogen (secondary N) is 1. The number of aryl methyl sites for hydroxylation is 1. The van der Waals surface area contributed by atoms with Crippen LogP contribution in [0.25, 0.3) is 0 Å². The molecule has 1 N–H and O–H groups in total. The lowest BCUT2D eigenvalue weighted by Crippen LogP contribution is -2.37. The van der Waals surface area contributed by atoms with E-state index in [1.54, 1.807) is 14.0 Å². The van der Waals surface area contributed by atoms with Crippen LogP contribution in [-0.2, 0) is 19.0 Å². The van der Waals surface area contributed by atoms with Crippen molar-refractivity contribution in [2.45, 2.75) is 31.8 Å². The topological polar surface area (TPSA) is 99.6 Å². The molecule has 1 aliphatic heterocycles. The van der Waals surface area contributed by atoms with Crippen molar-refractivity contribution in [2.75, 3.05) is 20.3 Å². The molecule has 1 aromatic heterocycles. The molecule has 3 atom stereocenters. The van der Waals surface area contributed by atoms with Crippen molar-refractivity contribution in [3.05, 3.63) is 32.6 Å². The zero-order chi connectivity index (χ0) is 15.4. The fraction of sp³-hybridized carbons (Fsp3) is 0.615. The van der Waals surface area contributed by atoms with E-state index in [-0.39, 0.29) is 0 Å². The molecule has 0 bridgehead atoms. The molecule has 8 heteroatoms. The summed E-state index contributed by atoms with van der Waals surface area (Å²) in [6.45, 7) is 2.31. The fourth-order valence-corrected chi connectivity index (χ4v) is 2.21. The van der Waals surface area contributed by atoms with Gasteiger partial charge in [0.1, 0.15) is 18.5 Å². The van der Waals surface area contributed by atoms with Crippen molar-refractivity contribution in [2.24, 2.45) is 0 Å². The molecule has 116 valence electrons. The Hall–Kier alpha value is -1.77. The highest BCUT2D eigenvalue weighted by atomic mass is 16.6. The number of methoxy groups -OCH3 is 1. The SMILES string of the molecule is COCCO[C@@H]1CC(C=O)O[C@H]1n1cc(C)c(=O)[nH]c1=O. The first-order valence-electron chi connectivity index (χ1n) is 6.60. The maximum Gasteiger partial charge on any atom is 0.330 e. The number of carbonyl (C=O) groups excluding carboxylic acids is 1. The minimum atomic E-state index is -0.750. The Labute approximate surface area is 120 Å². The summed E-state index contributed by atoms with van der Waals surface area (Å²) in [6, 6.07) is 0. The lowest BCUT2D eigenvalue weighted by atomic mass is 10.2. The van der Waals surface area contributed by atoms with Gasteiger partial charge in [0.15, 0.2) is 6.23 Å². The van der Waals surface area contributed by atoms with E-state index in [0.29, 0.717) is 31.5 Å². The molecule has 0 spiro atoms. The van der Waals surface area contributed by atoms with Crippen LogP contribution in [0.3, 0.4) is 0 Å². The standard InChI is InChI=1S/C13H18N2O6/c1-8-6-15(13(18)14-11(8)17)12-10(20-4-3-19-2)5-9(7-16)21-12/h6-7,9-10,12H,3-5H2,1-2H3,(H,14,17,18)/t9?,10-,12-/m1/s1. The molecule has 0 amide bonds. The van der Waals surface area contributed by atoms with E-state index >= 15 is 0 Å². The van der Waals surface area contributed by atoms with Crippen LogP contribution in [0.4, 0.5) is 0 Å². The van der Waals surface area contributed by atoms with Crippen molar-refractivity contribution >= 4 is 6.29 Å². The van der Waals surface area contributed by atoms with Gasteiger partial charge in [-0.05, 0) is 6.92 Å². The quantitative estimate of drug-likeness (QED) is 0.554. The Morgan fingerprint density at radius 1 is 1.48 bits per heavy atom. The smallest absolute Gasteiger partial charge is 0.330 e. The predicted octanol–water partition coefficient (Wildman–Crippen LogP) is -0.637. The Kier molecular flexibility index (Phi) is 5.05. The molecular weight excluding hydrogens is 280 g/mol. The molecule has 1 unspecified atom stereocenters. The van der Waals surface area contributed by atoms with Gasteiger partial charge < -0.3 is 19.0 Å². The summed E-state index contributed by atoms with van der Waals surface area (Å²) < 4.78 is 17.3. The summed E-state index contributed by atoms with van der Waals surface area (Å²) in [5, 5.41) is 0. The van der Waals surface area contributed by atoms with Gasteiger partial charge >= 0.3 is 5.69 Å². The van der Waals surface area contributed by atoms with Crippen LogP contribution in [0, 0.1) is 6.92 Å². The summed E-state index contributed by atoms with van der Waals surface area (Å²) in [6.07, 6.45) is 0.588. The highest BCUT2D eigenvalue weighted by molar-refractivity contribution is 5.56. The summed E-state index contributed by atoms with van der Waals surface area (Å²) in [5.74, 6) is 0. The summed E-state index contributed by atoms with van der Waals surface area (Å²) in [7, 11) is 1.55. The molecule has 1 fully saturated rings. The van der Waals surface area contributed by atoms with Crippen molar-refractivity contribution in [1.29, 1.82) is 0 Å². The van der Waals surface area contributed by atoms with Crippen molar-refractivity contribution in [3.63, 3.8) is 0 Å². The first-order valence-corrected chi connectivity index (χ1v) is 6.60. The third kappa shape index (κ3) is 3.46. The lowest BCUT2D eigenvalue weighted by Gasteiger charge is -2.21. The Bertz CT molecular complexity index is 607. The Morgan fingerprint density at radius 3 is 2.90 bits per heavy atom. The van der Waals surface area contributed by atoms with E-state index in [2.05, 4.69) is 4.98 Å². The van der Waals surface area contributed by atoms with Gasteiger partial charge in [0.05, 0.1) is 13.2 Å². The Balaban J connectivity index is 2.26. The molecular formula is C13H18N2O6. The van der Waals surface area contributed by atoms with Gasteiger partial charge in [0.2, 0.25) is 0 Å². The van der Waals surface area contributed by atoms with Gasteiger partial charge in [-0.25, -0.2) is 4.79 Å². The zero-order valence-electron chi connectivity index (χ0n) is 11.9. The van der Waals surface area contributed by atoms with Crippen LogP contribution in [0.1, 0.15) is 18.2 Å².